The Bertz CT molecular complexity index is 530. The first kappa shape index (κ1) is 19.6. The number of benzene rings is 1. The first-order valence-electron chi connectivity index (χ1n) is 6.26. The molecule has 0 aliphatic heterocycles. The van der Waals surface area contributed by atoms with Gasteiger partial charge >= 0.3 is 0 Å². The fraction of sp³-hybridized carbons (Fsp3) is 0.333. The molecule has 0 spiro atoms. The van der Waals surface area contributed by atoms with Gasteiger partial charge in [0.25, 0.3) is 5.69 Å². The number of non-ortho nitro benzene ring substituents is 1. The zero-order chi connectivity index (χ0) is 15.8. The minimum atomic E-state index is -0.700. The average Bonchev–Trinajstić information content (AvgIpc) is 2.43. The molecule has 1 amide bonds. The van der Waals surface area contributed by atoms with Crippen LogP contribution in [-0.2, 0) is 4.79 Å². The third-order valence-electron chi connectivity index (χ3n) is 2.65. The molecule has 0 saturated heterocycles. The predicted octanol–water partition coefficient (Wildman–Crippen LogP) is 0.336. The van der Waals surface area contributed by atoms with Gasteiger partial charge in [-0.1, -0.05) is 0 Å². The van der Waals surface area contributed by atoms with Crippen molar-refractivity contribution in [1.82, 2.24) is 0 Å². The van der Waals surface area contributed by atoms with Crippen molar-refractivity contribution in [3.05, 3.63) is 34.4 Å². The van der Waals surface area contributed by atoms with Crippen LogP contribution in [0.25, 0.3) is 0 Å². The zero-order valence-electron chi connectivity index (χ0n) is 11.8. The highest BCUT2D eigenvalue weighted by Crippen LogP contribution is 2.15. The maximum absolute atomic E-state index is 11.8. The summed E-state index contributed by atoms with van der Waals surface area (Å²) < 4.78 is 0. The molecule has 1 aromatic carbocycles. The lowest BCUT2D eigenvalue weighted by Crippen LogP contribution is -2.35. The summed E-state index contributed by atoms with van der Waals surface area (Å²) >= 11 is 0. The van der Waals surface area contributed by atoms with Crippen LogP contribution < -0.4 is 22.5 Å². The number of nitrogens with two attached hydrogens (primary N) is 3. The van der Waals surface area contributed by atoms with E-state index < -0.39 is 11.0 Å². The molecule has 0 bridgehead atoms. The third kappa shape index (κ3) is 6.86. The van der Waals surface area contributed by atoms with E-state index in [0.717, 1.165) is 0 Å². The molecule has 0 saturated carbocycles. The smallest absolute Gasteiger partial charge is 0.269 e. The number of amides is 1. The Hall–Kier alpha value is -2.39. The Kier molecular flexibility index (Phi) is 8.49. The number of nitro benzene ring substituents is 1. The summed E-state index contributed by atoms with van der Waals surface area (Å²) in [6.45, 7) is 0.404. The Morgan fingerprint density at radius 1 is 1.32 bits per heavy atom. The van der Waals surface area contributed by atoms with E-state index >= 15 is 0 Å². The fourth-order valence-corrected chi connectivity index (χ4v) is 1.55. The molecule has 1 aromatic rings. The maximum atomic E-state index is 11.8. The molecule has 0 fully saturated rings. The number of nitrogens with zero attached hydrogens (tertiary/aromatic N) is 2. The van der Waals surface area contributed by atoms with Gasteiger partial charge in [0.2, 0.25) is 5.91 Å². The Morgan fingerprint density at radius 3 is 2.41 bits per heavy atom. The van der Waals surface area contributed by atoms with Gasteiger partial charge in [0.1, 0.15) is 0 Å². The summed E-state index contributed by atoms with van der Waals surface area (Å²) in [5.74, 6) is -0.368. The fourth-order valence-electron chi connectivity index (χ4n) is 1.55. The number of aliphatic imine (C=N–C) groups is 1. The summed E-state index contributed by atoms with van der Waals surface area (Å²) in [7, 11) is 0. The van der Waals surface area contributed by atoms with E-state index in [2.05, 4.69) is 10.3 Å². The van der Waals surface area contributed by atoms with Gasteiger partial charge in [-0.15, -0.1) is 12.4 Å². The van der Waals surface area contributed by atoms with E-state index in [1.165, 1.54) is 24.3 Å². The van der Waals surface area contributed by atoms with Crippen molar-refractivity contribution in [3.8, 4) is 0 Å². The summed E-state index contributed by atoms with van der Waals surface area (Å²) in [5, 5.41) is 13.1. The molecule has 0 aliphatic rings. The SMILES string of the molecule is Cl.NC(N)=NCCCC(N)C(=O)Nc1ccc([N+](=O)[O-])cc1. The van der Waals surface area contributed by atoms with Gasteiger partial charge in [-0.3, -0.25) is 19.9 Å². The first-order chi connectivity index (χ1) is 9.90. The van der Waals surface area contributed by atoms with Gasteiger partial charge in [0.05, 0.1) is 11.0 Å². The van der Waals surface area contributed by atoms with E-state index in [1.807, 2.05) is 0 Å². The third-order valence-corrected chi connectivity index (χ3v) is 2.65. The second-order valence-electron chi connectivity index (χ2n) is 4.35. The van der Waals surface area contributed by atoms with Crippen LogP contribution in [0.2, 0.25) is 0 Å². The normalized spacial score (nSPS) is 11.0. The van der Waals surface area contributed by atoms with Gasteiger partial charge in [-0.05, 0) is 25.0 Å². The Balaban J connectivity index is 0.00000441. The number of nitrogens with one attached hydrogen (secondary N) is 1. The lowest BCUT2D eigenvalue weighted by Gasteiger charge is -2.11. The van der Waals surface area contributed by atoms with Gasteiger partial charge in [0.15, 0.2) is 5.96 Å². The molecule has 1 rings (SSSR count). The highest BCUT2D eigenvalue weighted by atomic mass is 35.5. The molecule has 7 N–H and O–H groups in total. The van der Waals surface area contributed by atoms with Gasteiger partial charge in [-0.2, -0.15) is 0 Å². The first-order valence-corrected chi connectivity index (χ1v) is 6.26. The molecule has 1 atom stereocenters. The molecule has 0 radical (unpaired) electrons. The highest BCUT2D eigenvalue weighted by molar-refractivity contribution is 5.94. The van der Waals surface area contributed by atoms with Crippen molar-refractivity contribution in [3.63, 3.8) is 0 Å². The van der Waals surface area contributed by atoms with Gasteiger partial charge in [-0.25, -0.2) is 0 Å². The lowest BCUT2D eigenvalue weighted by atomic mass is 10.1. The molecule has 10 heteroatoms. The number of carbonyl (C=O) groups is 1. The van der Waals surface area contributed by atoms with Crippen LogP contribution in [0.1, 0.15) is 12.8 Å². The topological polar surface area (TPSA) is 163 Å². The molecule has 22 heavy (non-hydrogen) atoms. The molecule has 0 aliphatic carbocycles. The number of anilines is 1. The summed E-state index contributed by atoms with van der Waals surface area (Å²) in [4.78, 5) is 25.6. The van der Waals surface area contributed by atoms with Gasteiger partial charge < -0.3 is 22.5 Å². The van der Waals surface area contributed by atoms with Crippen LogP contribution in [0.15, 0.2) is 29.3 Å². The molecular weight excluding hydrogens is 312 g/mol. The van der Waals surface area contributed by atoms with Gasteiger partial charge in [0, 0.05) is 24.4 Å². The van der Waals surface area contributed by atoms with Crippen LogP contribution in [0.3, 0.4) is 0 Å². The van der Waals surface area contributed by atoms with E-state index in [4.69, 9.17) is 17.2 Å². The van der Waals surface area contributed by atoms with Crippen LogP contribution in [0, 0.1) is 10.1 Å². The average molecular weight is 331 g/mol. The standard InChI is InChI=1S/C12H18N6O3.ClH/c13-10(2-1-7-16-12(14)15)11(19)17-8-3-5-9(6-4-8)18(20)21;/h3-6,10H,1-2,7,13H2,(H,17,19)(H4,14,15,16);1H. The second kappa shape index (κ2) is 9.53. The number of guanidine groups is 1. The maximum Gasteiger partial charge on any atom is 0.269 e. The van der Waals surface area contributed by atoms with E-state index in [-0.39, 0.29) is 30.0 Å². The number of rotatable bonds is 7. The molecule has 122 valence electrons. The molecular formula is C12H19ClN6O3. The quantitative estimate of drug-likeness (QED) is 0.185. The number of carbonyl (C=O) groups excluding carboxylic acids is 1. The molecule has 0 aromatic heterocycles. The van der Waals surface area contributed by atoms with Crippen molar-refractivity contribution in [2.45, 2.75) is 18.9 Å². The molecule has 0 heterocycles. The van der Waals surface area contributed by atoms with Crippen LogP contribution in [0.4, 0.5) is 11.4 Å². The number of nitro groups is 1. The Labute approximate surface area is 133 Å². The van der Waals surface area contributed by atoms with E-state index in [1.54, 1.807) is 0 Å². The van der Waals surface area contributed by atoms with Crippen LogP contribution in [-0.4, -0.2) is 29.4 Å². The number of hydrogen-bond acceptors (Lipinski definition) is 5. The van der Waals surface area contributed by atoms with Crippen LogP contribution in [0.5, 0.6) is 0 Å². The lowest BCUT2D eigenvalue weighted by molar-refractivity contribution is -0.384. The van der Waals surface area contributed by atoms with E-state index in [9.17, 15) is 14.9 Å². The summed E-state index contributed by atoms with van der Waals surface area (Å²) in [5.41, 5.74) is 16.5. The second-order valence-corrected chi connectivity index (χ2v) is 4.35. The zero-order valence-corrected chi connectivity index (χ0v) is 12.6. The monoisotopic (exact) mass is 330 g/mol. The van der Waals surface area contributed by atoms with Crippen molar-refractivity contribution in [1.29, 1.82) is 0 Å². The predicted molar refractivity (Wildman–Crippen MR) is 86.9 cm³/mol. The number of halogens is 1. The summed E-state index contributed by atoms with van der Waals surface area (Å²) in [6, 6.07) is 4.80. The largest absolute Gasteiger partial charge is 0.370 e. The highest BCUT2D eigenvalue weighted by Gasteiger charge is 2.13. The Morgan fingerprint density at radius 2 is 1.91 bits per heavy atom. The minimum absolute atomic E-state index is 0. The van der Waals surface area contributed by atoms with Crippen molar-refractivity contribution in [2.75, 3.05) is 11.9 Å². The molecule has 9 nitrogen and oxygen atoms in total. The van der Waals surface area contributed by atoms with Crippen molar-refractivity contribution >= 4 is 35.6 Å². The molecule has 1 unspecified atom stereocenters. The van der Waals surface area contributed by atoms with Crippen molar-refractivity contribution in [2.24, 2.45) is 22.2 Å². The summed E-state index contributed by atoms with van der Waals surface area (Å²) in [6.07, 6.45) is 1.00. The minimum Gasteiger partial charge on any atom is -0.370 e. The van der Waals surface area contributed by atoms with E-state index in [0.29, 0.717) is 25.1 Å². The number of hydrogen-bond donors (Lipinski definition) is 4. The van der Waals surface area contributed by atoms with Crippen LogP contribution >= 0.6 is 12.4 Å². The van der Waals surface area contributed by atoms with Crippen molar-refractivity contribution < 1.29 is 9.72 Å².